The first kappa shape index (κ1) is 19.8. The van der Waals surface area contributed by atoms with E-state index in [0.717, 1.165) is 5.69 Å². The average molecular weight is 373 g/mol. The largest absolute Gasteiger partial charge is 0.448 e. The summed E-state index contributed by atoms with van der Waals surface area (Å²) in [5.41, 5.74) is 1.20. The van der Waals surface area contributed by atoms with Gasteiger partial charge in [-0.05, 0) is 30.3 Å². The third kappa shape index (κ3) is 5.24. The summed E-state index contributed by atoms with van der Waals surface area (Å²) in [5.74, 6) is -0.195. The topological polar surface area (TPSA) is 90.5 Å². The van der Waals surface area contributed by atoms with Crippen LogP contribution >= 0.6 is 0 Å². The molecule has 1 aliphatic heterocycles. The summed E-state index contributed by atoms with van der Waals surface area (Å²) in [7, 11) is 4.98. The van der Waals surface area contributed by atoms with Crippen molar-refractivity contribution in [3.63, 3.8) is 0 Å². The van der Waals surface area contributed by atoms with Crippen molar-refractivity contribution in [3.05, 3.63) is 47.7 Å². The van der Waals surface area contributed by atoms with Crippen LogP contribution < -0.4 is 10.3 Å². The van der Waals surface area contributed by atoms with Crippen molar-refractivity contribution in [3.8, 4) is 0 Å². The summed E-state index contributed by atoms with van der Waals surface area (Å²) in [4.78, 5) is 26.6. The Bertz CT molecular complexity index is 860. The molecule has 9 heteroatoms. The van der Waals surface area contributed by atoms with Gasteiger partial charge in [0.15, 0.2) is 17.8 Å². The Hall–Kier alpha value is -3.49. The number of hydrogen-bond donors (Lipinski definition) is 1. The summed E-state index contributed by atoms with van der Waals surface area (Å²) < 4.78 is 18.5. The van der Waals surface area contributed by atoms with E-state index < -0.39 is 0 Å². The number of hydrogen-bond acceptors (Lipinski definition) is 7. The van der Waals surface area contributed by atoms with Gasteiger partial charge in [0.25, 0.3) is 5.91 Å². The monoisotopic (exact) mass is 373 g/mol. The standard InChI is InChI=1S/C10H11FN4.C8H9NO3/c1-12-8-2-3-10(9(11)6-8)15-5-4-13-7-14-15;1-9(2)8(11)7-4-3-6(5-10)12-7/h2-4,6-7,12H,5H2,1H3;3-5H,1-2H3. The number of carbonyl (C=O) groups excluding carboxylic acids is 2. The van der Waals surface area contributed by atoms with Crippen molar-refractivity contribution in [1.82, 2.24) is 4.90 Å². The van der Waals surface area contributed by atoms with Gasteiger partial charge in [0, 0.05) is 33.0 Å². The molecule has 2 aromatic rings. The zero-order valence-corrected chi connectivity index (χ0v) is 15.2. The first-order valence-corrected chi connectivity index (χ1v) is 8.02. The van der Waals surface area contributed by atoms with Gasteiger partial charge in [0.1, 0.15) is 12.2 Å². The molecule has 142 valence electrons. The second-order valence-electron chi connectivity index (χ2n) is 5.58. The first-order valence-electron chi connectivity index (χ1n) is 8.02. The molecule has 1 aromatic carbocycles. The van der Waals surface area contributed by atoms with Crippen molar-refractivity contribution in [2.24, 2.45) is 10.1 Å². The average Bonchev–Trinajstić information content (AvgIpc) is 3.17. The third-order valence-corrected chi connectivity index (χ3v) is 3.49. The van der Waals surface area contributed by atoms with Gasteiger partial charge in [-0.25, -0.2) is 9.38 Å². The van der Waals surface area contributed by atoms with E-state index in [0.29, 0.717) is 18.5 Å². The second-order valence-corrected chi connectivity index (χ2v) is 5.58. The van der Waals surface area contributed by atoms with Crippen LogP contribution in [-0.4, -0.2) is 57.3 Å². The fourth-order valence-corrected chi connectivity index (χ4v) is 2.09. The highest BCUT2D eigenvalue weighted by Crippen LogP contribution is 2.23. The molecule has 1 N–H and O–H groups in total. The number of aldehydes is 1. The van der Waals surface area contributed by atoms with Crippen LogP contribution in [0.1, 0.15) is 21.1 Å². The molecule has 27 heavy (non-hydrogen) atoms. The number of halogens is 1. The van der Waals surface area contributed by atoms with Crippen LogP contribution in [0.5, 0.6) is 0 Å². The second kappa shape index (κ2) is 9.27. The van der Waals surface area contributed by atoms with E-state index in [1.54, 1.807) is 44.5 Å². The molecule has 8 nitrogen and oxygen atoms in total. The summed E-state index contributed by atoms with van der Waals surface area (Å²) in [5, 5.41) is 8.40. The molecule has 0 bridgehead atoms. The lowest BCUT2D eigenvalue weighted by atomic mass is 10.2. The number of amides is 1. The lowest BCUT2D eigenvalue weighted by Gasteiger charge is -2.19. The first-order chi connectivity index (χ1) is 13.0. The molecule has 0 spiro atoms. The molecular formula is C18H20FN5O3. The number of anilines is 2. The number of aliphatic imine (C=N–C) groups is 1. The molecule has 0 aliphatic carbocycles. The fraction of sp³-hybridized carbons (Fsp3) is 0.222. The smallest absolute Gasteiger partial charge is 0.289 e. The molecule has 1 aliphatic rings. The molecule has 1 amide bonds. The van der Waals surface area contributed by atoms with Gasteiger partial charge in [0.2, 0.25) is 0 Å². The SMILES string of the molecule is CN(C)C(=O)c1ccc(C=O)o1.CNc1ccc(N2CC=NC=N2)c(F)c1. The van der Waals surface area contributed by atoms with Crippen LogP contribution in [0.25, 0.3) is 0 Å². The van der Waals surface area contributed by atoms with E-state index in [-0.39, 0.29) is 23.2 Å². The zero-order chi connectivity index (χ0) is 19.8. The van der Waals surface area contributed by atoms with Crippen LogP contribution in [0.4, 0.5) is 15.8 Å². The number of nitrogens with zero attached hydrogens (tertiary/aromatic N) is 4. The molecule has 0 atom stereocenters. The zero-order valence-electron chi connectivity index (χ0n) is 15.2. The minimum atomic E-state index is -0.297. The van der Waals surface area contributed by atoms with Crippen molar-refractivity contribution in [1.29, 1.82) is 0 Å². The van der Waals surface area contributed by atoms with Gasteiger partial charge in [0.05, 0.1) is 12.2 Å². The molecular weight excluding hydrogens is 353 g/mol. The molecule has 0 unspecified atom stereocenters. The number of rotatable bonds is 4. The summed E-state index contributed by atoms with van der Waals surface area (Å²) in [6.45, 7) is 0.492. The highest BCUT2D eigenvalue weighted by molar-refractivity contribution is 5.91. The quantitative estimate of drug-likeness (QED) is 0.832. The van der Waals surface area contributed by atoms with Crippen LogP contribution in [0, 0.1) is 5.82 Å². The number of furan rings is 1. The lowest BCUT2D eigenvalue weighted by Crippen LogP contribution is -2.22. The van der Waals surface area contributed by atoms with Gasteiger partial charge in [-0.1, -0.05) is 0 Å². The van der Waals surface area contributed by atoms with Crippen molar-refractivity contribution in [2.75, 3.05) is 38.0 Å². The van der Waals surface area contributed by atoms with Crippen molar-refractivity contribution in [2.45, 2.75) is 0 Å². The normalized spacial score (nSPS) is 12.2. The van der Waals surface area contributed by atoms with Crippen molar-refractivity contribution >= 4 is 36.1 Å². The summed E-state index contributed by atoms with van der Waals surface area (Å²) >= 11 is 0. The number of hydrazone groups is 1. The lowest BCUT2D eigenvalue weighted by molar-refractivity contribution is 0.0795. The Balaban J connectivity index is 0.000000199. The maximum atomic E-state index is 13.6. The maximum absolute atomic E-state index is 13.6. The van der Waals surface area contributed by atoms with Gasteiger partial charge in [-0.2, -0.15) is 5.10 Å². The van der Waals surface area contributed by atoms with E-state index in [2.05, 4.69) is 15.4 Å². The minimum Gasteiger partial charge on any atom is -0.448 e. The Kier molecular flexibility index (Phi) is 6.81. The highest BCUT2D eigenvalue weighted by Gasteiger charge is 2.12. The van der Waals surface area contributed by atoms with Gasteiger partial charge in [-0.3, -0.25) is 14.6 Å². The molecule has 0 saturated carbocycles. The Morgan fingerprint density at radius 3 is 2.63 bits per heavy atom. The van der Waals surface area contributed by atoms with E-state index in [9.17, 15) is 14.0 Å². The number of benzene rings is 1. The van der Waals surface area contributed by atoms with Gasteiger partial charge < -0.3 is 14.6 Å². The molecule has 0 radical (unpaired) electrons. The van der Waals surface area contributed by atoms with Gasteiger partial charge >= 0.3 is 0 Å². The maximum Gasteiger partial charge on any atom is 0.289 e. The summed E-state index contributed by atoms with van der Waals surface area (Å²) in [6.07, 6.45) is 3.64. The van der Waals surface area contributed by atoms with Crippen LogP contribution in [-0.2, 0) is 0 Å². The van der Waals surface area contributed by atoms with E-state index in [1.165, 1.54) is 29.4 Å². The van der Waals surface area contributed by atoms with E-state index in [1.807, 2.05) is 0 Å². The van der Waals surface area contributed by atoms with E-state index >= 15 is 0 Å². The third-order valence-electron chi connectivity index (χ3n) is 3.49. The predicted octanol–water partition coefficient (Wildman–Crippen LogP) is 2.50. The van der Waals surface area contributed by atoms with Crippen LogP contribution in [0.3, 0.4) is 0 Å². The number of carbonyl (C=O) groups is 2. The van der Waals surface area contributed by atoms with Crippen LogP contribution in [0.15, 0.2) is 44.8 Å². The Labute approximate surface area is 156 Å². The van der Waals surface area contributed by atoms with Gasteiger partial charge in [-0.15, -0.1) is 0 Å². The Morgan fingerprint density at radius 2 is 2.11 bits per heavy atom. The van der Waals surface area contributed by atoms with E-state index in [4.69, 9.17) is 4.42 Å². The van der Waals surface area contributed by atoms with Crippen molar-refractivity contribution < 1.29 is 18.4 Å². The Morgan fingerprint density at radius 1 is 1.33 bits per heavy atom. The molecule has 0 fully saturated rings. The molecule has 2 heterocycles. The minimum absolute atomic E-state index is 0.167. The predicted molar refractivity (Wildman–Crippen MR) is 102 cm³/mol. The summed E-state index contributed by atoms with van der Waals surface area (Å²) in [6, 6.07) is 7.88. The molecule has 0 saturated heterocycles. The number of nitrogens with one attached hydrogen (secondary N) is 1. The molecule has 3 rings (SSSR count). The highest BCUT2D eigenvalue weighted by atomic mass is 19.1. The van der Waals surface area contributed by atoms with Crippen LogP contribution in [0.2, 0.25) is 0 Å². The fourth-order valence-electron chi connectivity index (χ4n) is 2.09. The molecule has 1 aromatic heterocycles.